The first kappa shape index (κ1) is 12.8. The van der Waals surface area contributed by atoms with Gasteiger partial charge in [-0.3, -0.25) is 0 Å². The van der Waals surface area contributed by atoms with Crippen molar-refractivity contribution in [3.63, 3.8) is 0 Å². The molecule has 0 bridgehead atoms. The maximum absolute atomic E-state index is 8.89. The van der Waals surface area contributed by atoms with E-state index in [2.05, 4.69) is 6.07 Å². The van der Waals surface area contributed by atoms with Crippen LogP contribution in [0.1, 0.15) is 11.1 Å². The van der Waals surface area contributed by atoms with Crippen molar-refractivity contribution in [1.82, 2.24) is 0 Å². The standard InChI is InChI=1S/C15H14N2O2/c1-10-3-6-13(15(7-10)18-2)19-14-8-11(9-16)4-5-12(14)17/h3-8H,17H2,1-2H3. The molecule has 0 saturated heterocycles. The molecule has 0 fully saturated rings. The summed E-state index contributed by atoms with van der Waals surface area (Å²) >= 11 is 0. The molecule has 96 valence electrons. The van der Waals surface area contributed by atoms with Crippen LogP contribution in [0, 0.1) is 18.3 Å². The number of aryl methyl sites for hydroxylation is 1. The Morgan fingerprint density at radius 1 is 1.05 bits per heavy atom. The lowest BCUT2D eigenvalue weighted by Gasteiger charge is -2.12. The van der Waals surface area contributed by atoms with Crippen molar-refractivity contribution < 1.29 is 9.47 Å². The van der Waals surface area contributed by atoms with Gasteiger partial charge in [0.25, 0.3) is 0 Å². The van der Waals surface area contributed by atoms with E-state index in [1.165, 1.54) is 0 Å². The topological polar surface area (TPSA) is 68.3 Å². The summed E-state index contributed by atoms with van der Waals surface area (Å²) in [4.78, 5) is 0. The Bertz CT molecular complexity index is 645. The summed E-state index contributed by atoms with van der Waals surface area (Å²) in [6.07, 6.45) is 0. The molecule has 0 atom stereocenters. The van der Waals surface area contributed by atoms with Gasteiger partial charge in [-0.05, 0) is 36.8 Å². The quantitative estimate of drug-likeness (QED) is 0.854. The van der Waals surface area contributed by atoms with Gasteiger partial charge in [-0.15, -0.1) is 0 Å². The number of nitrogens with zero attached hydrogens (tertiary/aromatic N) is 1. The van der Waals surface area contributed by atoms with Crippen LogP contribution in [0.2, 0.25) is 0 Å². The molecule has 0 unspecified atom stereocenters. The van der Waals surface area contributed by atoms with Crippen LogP contribution in [0.3, 0.4) is 0 Å². The normalized spacial score (nSPS) is 9.74. The maximum atomic E-state index is 8.89. The number of nitriles is 1. The summed E-state index contributed by atoms with van der Waals surface area (Å²) in [5.41, 5.74) is 7.88. The van der Waals surface area contributed by atoms with Crippen molar-refractivity contribution in [3.05, 3.63) is 47.5 Å². The third-order valence-corrected chi connectivity index (χ3v) is 2.68. The van der Waals surface area contributed by atoms with Gasteiger partial charge in [0.1, 0.15) is 0 Å². The highest BCUT2D eigenvalue weighted by Gasteiger charge is 2.09. The molecule has 4 nitrogen and oxygen atoms in total. The third-order valence-electron chi connectivity index (χ3n) is 2.68. The fourth-order valence-corrected chi connectivity index (χ4v) is 1.67. The molecule has 2 rings (SSSR count). The van der Waals surface area contributed by atoms with Crippen LogP contribution in [0.15, 0.2) is 36.4 Å². The van der Waals surface area contributed by atoms with Gasteiger partial charge < -0.3 is 15.2 Å². The van der Waals surface area contributed by atoms with Crippen molar-refractivity contribution in [1.29, 1.82) is 5.26 Å². The molecule has 2 N–H and O–H groups in total. The number of nitrogens with two attached hydrogens (primary N) is 1. The summed E-state index contributed by atoms with van der Waals surface area (Å²) in [5.74, 6) is 1.64. The van der Waals surface area contributed by atoms with E-state index in [1.54, 1.807) is 25.3 Å². The summed E-state index contributed by atoms with van der Waals surface area (Å²) in [6.45, 7) is 1.97. The van der Waals surface area contributed by atoms with Crippen molar-refractivity contribution in [2.75, 3.05) is 12.8 Å². The molecule has 4 heteroatoms. The zero-order chi connectivity index (χ0) is 13.8. The Balaban J connectivity index is 2.39. The SMILES string of the molecule is COc1cc(C)ccc1Oc1cc(C#N)ccc1N. The van der Waals surface area contributed by atoms with Crippen molar-refractivity contribution >= 4 is 5.69 Å². The molecule has 2 aromatic carbocycles. The number of hydrogen-bond acceptors (Lipinski definition) is 4. The molecule has 0 radical (unpaired) electrons. The Morgan fingerprint density at radius 2 is 1.84 bits per heavy atom. The van der Waals surface area contributed by atoms with Crippen LogP contribution in [0.25, 0.3) is 0 Å². The largest absolute Gasteiger partial charge is 0.493 e. The molecule has 0 aromatic heterocycles. The molecule has 19 heavy (non-hydrogen) atoms. The predicted octanol–water partition coefficient (Wildman–Crippen LogP) is 3.25. The van der Waals surface area contributed by atoms with Crippen LogP contribution in [0.4, 0.5) is 5.69 Å². The molecule has 0 saturated carbocycles. The fraction of sp³-hybridized carbons (Fsp3) is 0.133. The molecule has 0 heterocycles. The predicted molar refractivity (Wildman–Crippen MR) is 73.4 cm³/mol. The van der Waals surface area contributed by atoms with Crippen LogP contribution >= 0.6 is 0 Å². The lowest BCUT2D eigenvalue weighted by atomic mass is 10.2. The van der Waals surface area contributed by atoms with Crippen LogP contribution < -0.4 is 15.2 Å². The van der Waals surface area contributed by atoms with Gasteiger partial charge in [0, 0.05) is 6.07 Å². The number of rotatable bonds is 3. The zero-order valence-corrected chi connectivity index (χ0v) is 10.8. The average Bonchev–Trinajstić information content (AvgIpc) is 2.43. The molecule has 2 aromatic rings. The van der Waals surface area contributed by atoms with E-state index in [-0.39, 0.29) is 0 Å². The first-order valence-corrected chi connectivity index (χ1v) is 5.76. The lowest BCUT2D eigenvalue weighted by molar-refractivity contribution is 0.379. The van der Waals surface area contributed by atoms with E-state index in [4.69, 9.17) is 20.5 Å². The smallest absolute Gasteiger partial charge is 0.169 e. The van der Waals surface area contributed by atoms with Crippen molar-refractivity contribution in [2.45, 2.75) is 6.92 Å². The number of ether oxygens (including phenoxy) is 2. The van der Waals surface area contributed by atoms with Gasteiger partial charge in [-0.1, -0.05) is 6.07 Å². The van der Waals surface area contributed by atoms with E-state index < -0.39 is 0 Å². The monoisotopic (exact) mass is 254 g/mol. The van der Waals surface area contributed by atoms with E-state index in [1.807, 2.05) is 25.1 Å². The summed E-state index contributed by atoms with van der Waals surface area (Å²) in [6, 6.07) is 12.6. The van der Waals surface area contributed by atoms with Gasteiger partial charge >= 0.3 is 0 Å². The highest BCUT2D eigenvalue weighted by molar-refractivity contribution is 5.58. The molecule has 0 amide bonds. The van der Waals surface area contributed by atoms with Gasteiger partial charge in [-0.2, -0.15) is 5.26 Å². The molecule has 0 aliphatic rings. The second-order valence-electron chi connectivity index (χ2n) is 4.12. The first-order valence-electron chi connectivity index (χ1n) is 5.76. The minimum absolute atomic E-state index is 0.446. The lowest BCUT2D eigenvalue weighted by Crippen LogP contribution is -1.95. The van der Waals surface area contributed by atoms with Gasteiger partial charge in [0.2, 0.25) is 0 Å². The molecule has 0 aliphatic heterocycles. The number of hydrogen-bond donors (Lipinski definition) is 1. The Labute approximate surface area is 112 Å². The maximum Gasteiger partial charge on any atom is 0.169 e. The van der Waals surface area contributed by atoms with Gasteiger partial charge in [-0.25, -0.2) is 0 Å². The van der Waals surface area contributed by atoms with Crippen LogP contribution in [-0.4, -0.2) is 7.11 Å². The Morgan fingerprint density at radius 3 is 2.53 bits per heavy atom. The third kappa shape index (κ3) is 2.78. The van der Waals surface area contributed by atoms with Crippen molar-refractivity contribution in [2.24, 2.45) is 0 Å². The minimum atomic E-state index is 0.446. The van der Waals surface area contributed by atoms with Crippen LogP contribution in [0.5, 0.6) is 17.2 Å². The van der Waals surface area contributed by atoms with Crippen molar-refractivity contribution in [3.8, 4) is 23.3 Å². The zero-order valence-electron chi connectivity index (χ0n) is 10.8. The summed E-state index contributed by atoms with van der Waals surface area (Å²) in [5, 5.41) is 8.89. The van der Waals surface area contributed by atoms with E-state index in [0.29, 0.717) is 28.5 Å². The highest BCUT2D eigenvalue weighted by Crippen LogP contribution is 2.35. The summed E-state index contributed by atoms with van der Waals surface area (Å²) < 4.78 is 11.0. The molecule has 0 aliphatic carbocycles. The molecular weight excluding hydrogens is 240 g/mol. The minimum Gasteiger partial charge on any atom is -0.493 e. The Hall–Kier alpha value is -2.67. The highest BCUT2D eigenvalue weighted by atomic mass is 16.5. The Kier molecular flexibility index (Phi) is 3.58. The second-order valence-corrected chi connectivity index (χ2v) is 4.12. The molecule has 0 spiro atoms. The van der Waals surface area contributed by atoms with Gasteiger partial charge in [0.05, 0.1) is 24.4 Å². The average molecular weight is 254 g/mol. The van der Waals surface area contributed by atoms with E-state index >= 15 is 0 Å². The number of benzene rings is 2. The summed E-state index contributed by atoms with van der Waals surface area (Å²) in [7, 11) is 1.58. The van der Waals surface area contributed by atoms with E-state index in [9.17, 15) is 0 Å². The number of nitrogen functional groups attached to an aromatic ring is 1. The van der Waals surface area contributed by atoms with Gasteiger partial charge in [0.15, 0.2) is 17.2 Å². The number of anilines is 1. The molecular formula is C15H14N2O2. The number of methoxy groups -OCH3 is 1. The first-order chi connectivity index (χ1) is 9.13. The van der Waals surface area contributed by atoms with Crippen LogP contribution in [-0.2, 0) is 0 Å². The fourth-order valence-electron chi connectivity index (χ4n) is 1.67. The van der Waals surface area contributed by atoms with E-state index in [0.717, 1.165) is 5.56 Å². The second kappa shape index (κ2) is 5.32.